The Hall–Kier alpha value is -3.55. The average molecular weight is 414 g/mol. The Morgan fingerprint density at radius 2 is 1.63 bits per heavy atom. The van der Waals surface area contributed by atoms with Gasteiger partial charge in [-0.3, -0.25) is 9.59 Å². The molecule has 0 saturated carbocycles. The van der Waals surface area contributed by atoms with Crippen molar-refractivity contribution in [1.29, 1.82) is 0 Å². The zero-order chi connectivity index (χ0) is 22.1. The number of carbonyl (C=O) groups excluding carboxylic acids is 3. The topological polar surface area (TPSA) is 117 Å². The fourth-order valence-electron chi connectivity index (χ4n) is 2.48. The number of carbonyl (C=O) groups is 3. The lowest BCUT2D eigenvalue weighted by molar-refractivity contribution is -0.123. The first kappa shape index (κ1) is 22.7. The first-order chi connectivity index (χ1) is 14.3. The Balaban J connectivity index is 2.02. The van der Waals surface area contributed by atoms with Crippen LogP contribution in [0.4, 0.5) is 5.69 Å². The second-order valence-electron chi connectivity index (χ2n) is 6.42. The van der Waals surface area contributed by atoms with Gasteiger partial charge in [0, 0.05) is 11.3 Å². The quantitative estimate of drug-likeness (QED) is 0.577. The summed E-state index contributed by atoms with van der Waals surface area (Å²) in [6, 6.07) is 10.8. The molecule has 2 aromatic rings. The molecule has 0 fully saturated rings. The van der Waals surface area contributed by atoms with Gasteiger partial charge in [-0.15, -0.1) is 0 Å². The molecule has 0 aliphatic heterocycles. The Bertz CT molecular complexity index is 895. The van der Waals surface area contributed by atoms with Gasteiger partial charge >= 0.3 is 5.97 Å². The van der Waals surface area contributed by atoms with Crippen molar-refractivity contribution < 1.29 is 28.6 Å². The Kier molecular flexibility index (Phi) is 8.22. The van der Waals surface area contributed by atoms with Gasteiger partial charge in [0.05, 0.1) is 18.8 Å². The van der Waals surface area contributed by atoms with Crippen LogP contribution in [-0.2, 0) is 9.53 Å². The zero-order valence-electron chi connectivity index (χ0n) is 17.3. The van der Waals surface area contributed by atoms with E-state index < -0.39 is 23.9 Å². The van der Waals surface area contributed by atoms with Crippen molar-refractivity contribution in [2.45, 2.75) is 33.3 Å². The molecule has 0 radical (unpaired) electrons. The number of benzene rings is 2. The van der Waals surface area contributed by atoms with Crippen molar-refractivity contribution in [1.82, 2.24) is 0 Å². The van der Waals surface area contributed by atoms with Crippen molar-refractivity contribution in [3.8, 4) is 11.5 Å². The molecular weight excluding hydrogens is 388 g/mol. The highest BCUT2D eigenvalue weighted by molar-refractivity contribution is 5.98. The summed E-state index contributed by atoms with van der Waals surface area (Å²) in [4.78, 5) is 35.9. The molecule has 2 amide bonds. The van der Waals surface area contributed by atoms with Gasteiger partial charge in [-0.05, 0) is 62.7 Å². The molecule has 30 heavy (non-hydrogen) atoms. The molecule has 8 nitrogen and oxygen atoms in total. The minimum absolute atomic E-state index is 0.243. The maximum Gasteiger partial charge on any atom is 0.339 e. The molecule has 2 rings (SSSR count). The van der Waals surface area contributed by atoms with Crippen LogP contribution in [0.5, 0.6) is 11.5 Å². The molecule has 0 bridgehead atoms. The SMILES string of the molecule is CCCOc1ccc(C(=O)O[C@@H](C)C(=O)Nc2ccc(C(N)=O)cc2)cc1OCC. The highest BCUT2D eigenvalue weighted by Gasteiger charge is 2.20. The highest BCUT2D eigenvalue weighted by Crippen LogP contribution is 2.29. The number of hydrogen-bond donors (Lipinski definition) is 2. The van der Waals surface area contributed by atoms with Gasteiger partial charge in [-0.1, -0.05) is 6.92 Å². The van der Waals surface area contributed by atoms with E-state index in [0.29, 0.717) is 36.0 Å². The molecule has 0 unspecified atom stereocenters. The molecule has 0 heterocycles. The molecule has 160 valence electrons. The monoisotopic (exact) mass is 414 g/mol. The third kappa shape index (κ3) is 6.23. The summed E-state index contributed by atoms with van der Waals surface area (Å²) in [7, 11) is 0. The number of nitrogens with one attached hydrogen (secondary N) is 1. The number of anilines is 1. The first-order valence-corrected chi connectivity index (χ1v) is 9.67. The first-order valence-electron chi connectivity index (χ1n) is 9.67. The maximum absolute atomic E-state index is 12.5. The molecule has 3 N–H and O–H groups in total. The standard InChI is InChI=1S/C22H26N2O6/c1-4-12-29-18-11-8-16(13-19(18)28-5-2)22(27)30-14(3)21(26)24-17-9-6-15(7-10-17)20(23)25/h6-11,13-14H,4-5,12H2,1-3H3,(H2,23,25)(H,24,26)/t14-/m0/s1. The van der Waals surface area contributed by atoms with Crippen LogP contribution in [0.3, 0.4) is 0 Å². The van der Waals surface area contributed by atoms with E-state index in [4.69, 9.17) is 19.9 Å². The van der Waals surface area contributed by atoms with Crippen LogP contribution in [0.2, 0.25) is 0 Å². The normalized spacial score (nSPS) is 11.3. The highest BCUT2D eigenvalue weighted by atomic mass is 16.5. The molecule has 8 heteroatoms. The van der Waals surface area contributed by atoms with Crippen LogP contribution in [-0.4, -0.2) is 37.1 Å². The van der Waals surface area contributed by atoms with Gasteiger partial charge in [-0.25, -0.2) is 4.79 Å². The maximum atomic E-state index is 12.5. The Morgan fingerprint density at radius 1 is 0.967 bits per heavy atom. The number of rotatable bonds is 10. The number of nitrogens with two attached hydrogens (primary N) is 1. The molecule has 1 atom stereocenters. The van der Waals surface area contributed by atoms with E-state index in [2.05, 4.69) is 5.32 Å². The Morgan fingerprint density at radius 3 is 2.23 bits per heavy atom. The second kappa shape index (κ2) is 10.8. The molecule has 0 aliphatic rings. The zero-order valence-corrected chi connectivity index (χ0v) is 17.3. The van der Waals surface area contributed by atoms with E-state index in [0.717, 1.165) is 6.42 Å². The number of primary amides is 1. The van der Waals surface area contributed by atoms with Crippen molar-refractivity contribution in [2.24, 2.45) is 5.73 Å². The number of esters is 1. The minimum Gasteiger partial charge on any atom is -0.490 e. The lowest BCUT2D eigenvalue weighted by atomic mass is 10.2. The average Bonchev–Trinajstić information content (AvgIpc) is 2.73. The van der Waals surface area contributed by atoms with Crippen LogP contribution in [0.25, 0.3) is 0 Å². The van der Waals surface area contributed by atoms with Gasteiger partial charge in [0.1, 0.15) is 0 Å². The largest absolute Gasteiger partial charge is 0.490 e. The fraction of sp³-hybridized carbons (Fsp3) is 0.318. The van der Waals surface area contributed by atoms with E-state index in [1.54, 1.807) is 12.1 Å². The van der Waals surface area contributed by atoms with E-state index >= 15 is 0 Å². The minimum atomic E-state index is -1.04. The fourth-order valence-corrected chi connectivity index (χ4v) is 2.48. The number of amides is 2. The van der Waals surface area contributed by atoms with Gasteiger partial charge < -0.3 is 25.3 Å². The molecular formula is C22H26N2O6. The van der Waals surface area contributed by atoms with Crippen molar-refractivity contribution >= 4 is 23.5 Å². The van der Waals surface area contributed by atoms with Gasteiger partial charge in [-0.2, -0.15) is 0 Å². The van der Waals surface area contributed by atoms with Crippen molar-refractivity contribution in [3.05, 3.63) is 53.6 Å². The lowest BCUT2D eigenvalue weighted by Gasteiger charge is -2.15. The Labute approximate surface area is 175 Å². The second-order valence-corrected chi connectivity index (χ2v) is 6.42. The van der Waals surface area contributed by atoms with E-state index in [9.17, 15) is 14.4 Å². The summed E-state index contributed by atoms with van der Waals surface area (Å²) in [5, 5.41) is 2.62. The van der Waals surface area contributed by atoms with E-state index in [1.807, 2.05) is 13.8 Å². The molecule has 0 saturated heterocycles. The van der Waals surface area contributed by atoms with Crippen LogP contribution in [0.1, 0.15) is 47.9 Å². The smallest absolute Gasteiger partial charge is 0.339 e. The van der Waals surface area contributed by atoms with Crippen molar-refractivity contribution in [2.75, 3.05) is 18.5 Å². The van der Waals surface area contributed by atoms with E-state index in [-0.39, 0.29) is 5.56 Å². The van der Waals surface area contributed by atoms with Gasteiger partial charge in [0.15, 0.2) is 17.6 Å². The molecule has 0 spiro atoms. The number of ether oxygens (including phenoxy) is 3. The predicted octanol–water partition coefficient (Wildman–Crippen LogP) is 3.16. The van der Waals surface area contributed by atoms with Crippen LogP contribution in [0, 0.1) is 0 Å². The van der Waals surface area contributed by atoms with Crippen LogP contribution in [0.15, 0.2) is 42.5 Å². The van der Waals surface area contributed by atoms with Gasteiger partial charge in [0.25, 0.3) is 5.91 Å². The summed E-state index contributed by atoms with van der Waals surface area (Å²) in [6.07, 6.45) is -0.201. The van der Waals surface area contributed by atoms with Crippen LogP contribution < -0.4 is 20.5 Å². The van der Waals surface area contributed by atoms with E-state index in [1.165, 1.54) is 37.3 Å². The molecule has 0 aliphatic carbocycles. The summed E-state index contributed by atoms with van der Waals surface area (Å²) >= 11 is 0. The van der Waals surface area contributed by atoms with Crippen LogP contribution >= 0.6 is 0 Å². The summed E-state index contributed by atoms with van der Waals surface area (Å²) in [5.41, 5.74) is 6.20. The molecule has 2 aromatic carbocycles. The summed E-state index contributed by atoms with van der Waals surface area (Å²) < 4.78 is 16.4. The lowest BCUT2D eigenvalue weighted by Crippen LogP contribution is -2.30. The summed E-state index contributed by atoms with van der Waals surface area (Å²) in [5.74, 6) is -0.756. The molecule has 0 aromatic heterocycles. The number of hydrogen-bond acceptors (Lipinski definition) is 6. The predicted molar refractivity (Wildman–Crippen MR) is 112 cm³/mol. The summed E-state index contributed by atoms with van der Waals surface area (Å²) in [6.45, 7) is 6.23. The third-order valence-corrected chi connectivity index (χ3v) is 4.03. The van der Waals surface area contributed by atoms with Crippen molar-refractivity contribution in [3.63, 3.8) is 0 Å². The van der Waals surface area contributed by atoms with Gasteiger partial charge in [0.2, 0.25) is 5.91 Å². The third-order valence-electron chi connectivity index (χ3n) is 4.03.